The average Bonchev–Trinajstić information content (AvgIpc) is 3.38. The van der Waals surface area contributed by atoms with Crippen LogP contribution in [0.25, 0.3) is 22.5 Å². The Morgan fingerprint density at radius 3 is 2.48 bits per heavy atom. The number of pyridine rings is 1. The second-order valence-electron chi connectivity index (χ2n) is 10.9. The molecule has 0 atom stereocenters. The Morgan fingerprint density at radius 2 is 1.80 bits per heavy atom. The number of ether oxygens (including phenoxy) is 2. The Hall–Kier alpha value is -3.39. The summed E-state index contributed by atoms with van der Waals surface area (Å²) in [6.45, 7) is 14.0. The van der Waals surface area contributed by atoms with E-state index in [1.807, 2.05) is 19.2 Å². The van der Waals surface area contributed by atoms with Crippen LogP contribution in [0.15, 0.2) is 28.9 Å². The van der Waals surface area contributed by atoms with Crippen molar-refractivity contribution in [3.63, 3.8) is 0 Å². The standard InChI is InChI=1S/C32H44N4O4/c1-7-10-14-38-27-18-28(39-15-11-8-2)25(17-24(27)21(4)5)31-29(30(35-40-31)32(37)33-9-3)22-16-23-20-36(6)13-12-26(23)34-19-22/h16-19,21H,7-15,20H2,1-6H3,(H,33,37). The zero-order valence-electron chi connectivity index (χ0n) is 24.9. The van der Waals surface area contributed by atoms with Crippen LogP contribution in [0.5, 0.6) is 11.5 Å². The predicted molar refractivity (Wildman–Crippen MR) is 158 cm³/mol. The molecule has 40 heavy (non-hydrogen) atoms. The number of aromatic nitrogens is 2. The van der Waals surface area contributed by atoms with Crippen molar-refractivity contribution in [3.05, 3.63) is 46.9 Å². The van der Waals surface area contributed by atoms with E-state index in [1.54, 1.807) is 0 Å². The van der Waals surface area contributed by atoms with Gasteiger partial charge in [0.2, 0.25) is 0 Å². The lowest BCUT2D eigenvalue weighted by molar-refractivity contribution is 0.0947. The molecule has 216 valence electrons. The fourth-order valence-electron chi connectivity index (χ4n) is 4.95. The van der Waals surface area contributed by atoms with Crippen LogP contribution in [-0.4, -0.2) is 54.3 Å². The minimum absolute atomic E-state index is 0.204. The van der Waals surface area contributed by atoms with E-state index >= 15 is 0 Å². The average molecular weight is 549 g/mol. The second-order valence-corrected chi connectivity index (χ2v) is 10.9. The van der Waals surface area contributed by atoms with Crippen molar-refractivity contribution in [1.82, 2.24) is 20.4 Å². The highest BCUT2D eigenvalue weighted by atomic mass is 16.5. The normalized spacial score (nSPS) is 13.4. The number of amides is 1. The van der Waals surface area contributed by atoms with Crippen LogP contribution in [0, 0.1) is 0 Å². The number of benzene rings is 1. The molecule has 1 aliphatic rings. The van der Waals surface area contributed by atoms with Crippen molar-refractivity contribution < 1.29 is 18.8 Å². The van der Waals surface area contributed by atoms with Gasteiger partial charge in [0.1, 0.15) is 11.5 Å². The number of unbranched alkanes of at least 4 members (excludes halogenated alkanes) is 2. The van der Waals surface area contributed by atoms with E-state index in [0.29, 0.717) is 36.8 Å². The third-order valence-corrected chi connectivity index (χ3v) is 7.25. The number of rotatable bonds is 13. The van der Waals surface area contributed by atoms with E-state index in [-0.39, 0.29) is 17.5 Å². The molecule has 0 saturated heterocycles. The molecule has 1 amide bonds. The topological polar surface area (TPSA) is 89.7 Å². The molecule has 0 spiro atoms. The van der Waals surface area contributed by atoms with Crippen LogP contribution in [0.3, 0.4) is 0 Å². The minimum Gasteiger partial charge on any atom is -0.493 e. The molecule has 3 heterocycles. The number of nitrogens with zero attached hydrogens (tertiary/aromatic N) is 3. The number of nitrogens with one attached hydrogen (secondary N) is 1. The monoisotopic (exact) mass is 548 g/mol. The molecular weight excluding hydrogens is 504 g/mol. The Kier molecular flexibility index (Phi) is 10.2. The van der Waals surface area contributed by atoms with Gasteiger partial charge in [0, 0.05) is 49.6 Å². The van der Waals surface area contributed by atoms with Gasteiger partial charge in [-0.1, -0.05) is 45.7 Å². The van der Waals surface area contributed by atoms with E-state index in [0.717, 1.165) is 78.9 Å². The number of carbonyl (C=O) groups is 1. The molecule has 0 fully saturated rings. The van der Waals surface area contributed by atoms with E-state index < -0.39 is 0 Å². The van der Waals surface area contributed by atoms with Gasteiger partial charge in [-0.15, -0.1) is 0 Å². The maximum atomic E-state index is 13.2. The Morgan fingerprint density at radius 1 is 1.07 bits per heavy atom. The molecule has 0 radical (unpaired) electrons. The van der Waals surface area contributed by atoms with Crippen molar-refractivity contribution in [3.8, 4) is 33.9 Å². The van der Waals surface area contributed by atoms with Crippen LogP contribution in [-0.2, 0) is 13.0 Å². The quantitative estimate of drug-likeness (QED) is 0.240. The Balaban J connectivity index is 1.90. The van der Waals surface area contributed by atoms with Crippen LogP contribution < -0.4 is 14.8 Å². The van der Waals surface area contributed by atoms with Gasteiger partial charge in [-0.3, -0.25) is 9.78 Å². The van der Waals surface area contributed by atoms with Gasteiger partial charge >= 0.3 is 0 Å². The fourth-order valence-corrected chi connectivity index (χ4v) is 4.95. The lowest BCUT2D eigenvalue weighted by Gasteiger charge is -2.24. The first-order valence-electron chi connectivity index (χ1n) is 14.8. The Bertz CT molecular complexity index is 1300. The van der Waals surface area contributed by atoms with E-state index in [1.165, 1.54) is 0 Å². The number of likely N-dealkylation sites (N-methyl/N-ethyl adjacent to an activating group) is 1. The van der Waals surface area contributed by atoms with Gasteiger partial charge in [0.05, 0.1) is 24.3 Å². The summed E-state index contributed by atoms with van der Waals surface area (Å²) in [6, 6.07) is 6.19. The highest BCUT2D eigenvalue weighted by Crippen LogP contribution is 2.44. The highest BCUT2D eigenvalue weighted by molar-refractivity contribution is 6.02. The zero-order valence-corrected chi connectivity index (χ0v) is 24.9. The first-order valence-corrected chi connectivity index (χ1v) is 14.8. The van der Waals surface area contributed by atoms with Gasteiger partial charge in [0.15, 0.2) is 11.5 Å². The van der Waals surface area contributed by atoms with E-state index in [2.05, 4.69) is 62.2 Å². The zero-order chi connectivity index (χ0) is 28.6. The number of carbonyl (C=O) groups excluding carboxylic acids is 1. The molecular formula is C32H44N4O4. The molecule has 1 N–H and O–H groups in total. The Labute approximate surface area is 238 Å². The van der Waals surface area contributed by atoms with Gasteiger partial charge < -0.3 is 24.2 Å². The molecule has 8 heteroatoms. The third kappa shape index (κ3) is 6.66. The highest BCUT2D eigenvalue weighted by Gasteiger charge is 2.29. The van der Waals surface area contributed by atoms with Gasteiger partial charge in [0.25, 0.3) is 5.91 Å². The molecule has 1 aliphatic heterocycles. The lowest BCUT2D eigenvalue weighted by Crippen LogP contribution is -2.27. The third-order valence-electron chi connectivity index (χ3n) is 7.25. The summed E-state index contributed by atoms with van der Waals surface area (Å²) in [5.74, 6) is 1.91. The summed E-state index contributed by atoms with van der Waals surface area (Å²) in [7, 11) is 2.11. The van der Waals surface area contributed by atoms with Crippen molar-refractivity contribution in [1.29, 1.82) is 0 Å². The van der Waals surface area contributed by atoms with Crippen LogP contribution in [0.2, 0.25) is 0 Å². The molecule has 0 aliphatic carbocycles. The largest absolute Gasteiger partial charge is 0.493 e. The summed E-state index contributed by atoms with van der Waals surface area (Å²) in [5, 5.41) is 7.19. The van der Waals surface area contributed by atoms with Crippen molar-refractivity contribution in [2.75, 3.05) is 33.4 Å². The van der Waals surface area contributed by atoms with E-state index in [4.69, 9.17) is 19.0 Å². The number of fused-ring (bicyclic) bond motifs is 1. The van der Waals surface area contributed by atoms with Gasteiger partial charge in [-0.05, 0) is 56.0 Å². The maximum Gasteiger partial charge on any atom is 0.274 e. The summed E-state index contributed by atoms with van der Waals surface area (Å²) in [6.07, 6.45) is 6.72. The summed E-state index contributed by atoms with van der Waals surface area (Å²) >= 11 is 0. The van der Waals surface area contributed by atoms with Gasteiger partial charge in [-0.2, -0.15) is 0 Å². The van der Waals surface area contributed by atoms with Gasteiger partial charge in [-0.25, -0.2) is 0 Å². The van der Waals surface area contributed by atoms with Crippen LogP contribution in [0.4, 0.5) is 0 Å². The maximum absolute atomic E-state index is 13.2. The smallest absolute Gasteiger partial charge is 0.274 e. The molecule has 1 aromatic carbocycles. The predicted octanol–water partition coefficient (Wildman–Crippen LogP) is 6.62. The molecule has 8 nitrogen and oxygen atoms in total. The van der Waals surface area contributed by atoms with Crippen molar-refractivity contribution in [2.45, 2.75) is 79.2 Å². The number of hydrogen-bond acceptors (Lipinski definition) is 7. The van der Waals surface area contributed by atoms with Crippen molar-refractivity contribution >= 4 is 5.91 Å². The van der Waals surface area contributed by atoms with E-state index in [9.17, 15) is 4.79 Å². The minimum atomic E-state index is -0.278. The fraction of sp³-hybridized carbons (Fsp3) is 0.531. The molecule has 0 saturated carbocycles. The summed E-state index contributed by atoms with van der Waals surface area (Å²) in [4.78, 5) is 20.3. The first-order chi connectivity index (χ1) is 19.4. The van der Waals surface area contributed by atoms with Crippen LogP contribution >= 0.6 is 0 Å². The first kappa shape index (κ1) is 29.6. The SMILES string of the molecule is CCCCOc1cc(OCCCC)c(C(C)C)cc1-c1onc(C(=O)NCC)c1-c1cnc2c(c1)CN(C)CC2. The second kappa shape index (κ2) is 13.8. The molecule has 0 unspecified atom stereocenters. The summed E-state index contributed by atoms with van der Waals surface area (Å²) < 4.78 is 18.6. The molecule has 4 rings (SSSR count). The number of hydrogen-bond donors (Lipinski definition) is 1. The lowest BCUT2D eigenvalue weighted by atomic mass is 9.93. The van der Waals surface area contributed by atoms with Crippen molar-refractivity contribution in [2.24, 2.45) is 0 Å². The summed E-state index contributed by atoms with van der Waals surface area (Å²) in [5.41, 5.74) is 5.75. The van der Waals surface area contributed by atoms with Crippen LogP contribution in [0.1, 0.15) is 93.5 Å². The molecule has 0 bridgehead atoms. The molecule has 3 aromatic rings. The molecule has 2 aromatic heterocycles.